The molecule has 0 spiro atoms. The standard InChI is InChI=1S/C26H50O4.C22H43NO2.2C2H6/c1-3-5-7-9-12-16-20-25(21-17-13-10-8-6-4-2)30-26(28)22-18-14-11-15-19-23-29-24-27;1-3-4-5-6-7-8-9-10-14-20-25-22(24)17-12-11-13-18-23-19-15-16-21(23)2;2*1-2/h24-25H,3-23H2,1-2H3;21H,3-20H2,1-2H3;2*1-2H3. The number of esters is 2. The fourth-order valence-corrected chi connectivity index (χ4v) is 7.60. The molecule has 1 heterocycles. The number of hydrogen-bond acceptors (Lipinski definition) is 7. The number of rotatable bonds is 40. The van der Waals surface area contributed by atoms with Crippen LogP contribution >= 0.6 is 0 Å². The average Bonchev–Trinajstić information content (AvgIpc) is 3.67. The van der Waals surface area contributed by atoms with Crippen LogP contribution in [0.2, 0.25) is 0 Å². The summed E-state index contributed by atoms with van der Waals surface area (Å²) in [5.41, 5.74) is 0. The fraction of sp³-hybridized carbons (Fsp3) is 0.942. The quantitative estimate of drug-likeness (QED) is 0.0263. The van der Waals surface area contributed by atoms with Gasteiger partial charge in [-0.15, -0.1) is 0 Å². The summed E-state index contributed by atoms with van der Waals surface area (Å²) >= 11 is 0. The van der Waals surface area contributed by atoms with E-state index in [1.165, 1.54) is 161 Å². The Morgan fingerprint density at radius 3 is 1.41 bits per heavy atom. The van der Waals surface area contributed by atoms with E-state index < -0.39 is 0 Å². The molecule has 1 unspecified atom stereocenters. The molecule has 1 fully saturated rings. The highest BCUT2D eigenvalue weighted by atomic mass is 16.5. The number of unbranched alkanes of at least 4 members (excludes halogenated alkanes) is 24. The van der Waals surface area contributed by atoms with Gasteiger partial charge in [-0.05, 0) is 90.6 Å². The topological polar surface area (TPSA) is 82.1 Å². The second-order valence-corrected chi connectivity index (χ2v) is 16.6. The zero-order valence-corrected chi connectivity index (χ0v) is 41.2. The second kappa shape index (κ2) is 54.4. The maximum Gasteiger partial charge on any atom is 0.306 e. The number of hydrogen-bond donors (Lipinski definition) is 0. The van der Waals surface area contributed by atoms with Crippen molar-refractivity contribution in [2.75, 3.05) is 26.3 Å². The molecule has 1 atom stereocenters. The molecule has 7 heteroatoms. The van der Waals surface area contributed by atoms with E-state index in [4.69, 9.17) is 9.47 Å². The Bertz CT molecular complexity index is 807. The maximum atomic E-state index is 12.3. The van der Waals surface area contributed by atoms with E-state index in [1.807, 2.05) is 27.7 Å². The number of likely N-dealkylation sites (tertiary alicyclic amines) is 1. The summed E-state index contributed by atoms with van der Waals surface area (Å²) in [5, 5.41) is 0. The first kappa shape index (κ1) is 61.7. The molecule has 0 bridgehead atoms. The molecule has 0 aromatic rings. The zero-order valence-electron chi connectivity index (χ0n) is 41.2. The van der Waals surface area contributed by atoms with Crippen molar-refractivity contribution in [3.05, 3.63) is 0 Å². The van der Waals surface area contributed by atoms with Gasteiger partial charge in [0.1, 0.15) is 6.10 Å². The van der Waals surface area contributed by atoms with Crippen LogP contribution in [-0.4, -0.2) is 61.8 Å². The molecule has 354 valence electrons. The lowest BCUT2D eigenvalue weighted by molar-refractivity contribution is -0.150. The van der Waals surface area contributed by atoms with Crippen molar-refractivity contribution in [2.45, 2.75) is 292 Å². The number of ether oxygens (including phenoxy) is 3. The van der Waals surface area contributed by atoms with Crippen molar-refractivity contribution in [3.8, 4) is 0 Å². The van der Waals surface area contributed by atoms with Crippen LogP contribution in [0.3, 0.4) is 0 Å². The monoisotopic (exact) mass is 840 g/mol. The Morgan fingerprint density at radius 1 is 0.542 bits per heavy atom. The lowest BCUT2D eigenvalue weighted by Gasteiger charge is -2.20. The van der Waals surface area contributed by atoms with Gasteiger partial charge in [0, 0.05) is 18.9 Å². The van der Waals surface area contributed by atoms with Crippen molar-refractivity contribution in [2.24, 2.45) is 0 Å². The van der Waals surface area contributed by atoms with Crippen molar-refractivity contribution in [1.82, 2.24) is 4.90 Å². The molecule has 0 aromatic heterocycles. The predicted octanol–water partition coefficient (Wildman–Crippen LogP) is 16.1. The highest BCUT2D eigenvalue weighted by Crippen LogP contribution is 2.19. The molecule has 0 amide bonds. The summed E-state index contributed by atoms with van der Waals surface area (Å²) in [5.74, 6) is -0.00430. The Labute approximate surface area is 369 Å². The van der Waals surface area contributed by atoms with Gasteiger partial charge in [0.2, 0.25) is 0 Å². The fourth-order valence-electron chi connectivity index (χ4n) is 7.60. The smallest absolute Gasteiger partial charge is 0.306 e. The number of nitrogens with zero attached hydrogens (tertiary/aromatic N) is 1. The maximum absolute atomic E-state index is 12.3. The van der Waals surface area contributed by atoms with Crippen molar-refractivity contribution in [1.29, 1.82) is 0 Å². The van der Waals surface area contributed by atoms with Crippen LogP contribution in [0.4, 0.5) is 0 Å². The molecule has 0 aliphatic carbocycles. The first-order chi connectivity index (χ1) is 29.0. The molecule has 1 saturated heterocycles. The van der Waals surface area contributed by atoms with E-state index in [2.05, 4.69) is 37.3 Å². The Kier molecular flexibility index (Phi) is 56.8. The normalized spacial score (nSPS) is 13.4. The molecule has 1 aliphatic heterocycles. The summed E-state index contributed by atoms with van der Waals surface area (Å²) in [6.45, 7) is 21.2. The Balaban J connectivity index is -0.000000991. The zero-order chi connectivity index (χ0) is 44.3. The molecule has 1 rings (SSSR count). The third-order valence-electron chi connectivity index (χ3n) is 11.3. The number of carbonyl (C=O) groups is 3. The minimum Gasteiger partial charge on any atom is -0.468 e. The van der Waals surface area contributed by atoms with Crippen LogP contribution in [0.1, 0.15) is 280 Å². The molecule has 0 radical (unpaired) electrons. The van der Waals surface area contributed by atoms with Gasteiger partial charge in [-0.2, -0.15) is 0 Å². The van der Waals surface area contributed by atoms with Gasteiger partial charge in [0.15, 0.2) is 0 Å². The highest BCUT2D eigenvalue weighted by molar-refractivity contribution is 5.69. The van der Waals surface area contributed by atoms with Crippen LogP contribution in [-0.2, 0) is 28.6 Å². The molecular formula is C52H105NO6. The number of carbonyl (C=O) groups excluding carboxylic acids is 3. The van der Waals surface area contributed by atoms with Crippen LogP contribution in [0.15, 0.2) is 0 Å². The summed E-state index contributed by atoms with van der Waals surface area (Å²) in [4.78, 5) is 36.7. The summed E-state index contributed by atoms with van der Waals surface area (Å²) in [6, 6.07) is 0.765. The minimum atomic E-state index is -0.0127. The molecule has 0 aromatic carbocycles. The minimum absolute atomic E-state index is 0.00843. The molecule has 7 nitrogen and oxygen atoms in total. The predicted molar refractivity (Wildman–Crippen MR) is 255 cm³/mol. The first-order valence-electron chi connectivity index (χ1n) is 26.1. The summed E-state index contributed by atoms with van der Waals surface area (Å²) < 4.78 is 15.9. The largest absolute Gasteiger partial charge is 0.468 e. The molecule has 1 aliphatic rings. The third-order valence-corrected chi connectivity index (χ3v) is 11.3. The van der Waals surface area contributed by atoms with Gasteiger partial charge >= 0.3 is 11.9 Å². The Hall–Kier alpha value is -1.63. The molecular weight excluding hydrogens is 735 g/mol. The van der Waals surface area contributed by atoms with Crippen molar-refractivity contribution in [3.63, 3.8) is 0 Å². The van der Waals surface area contributed by atoms with Crippen LogP contribution in [0.5, 0.6) is 0 Å². The van der Waals surface area contributed by atoms with E-state index in [0.29, 0.717) is 32.5 Å². The van der Waals surface area contributed by atoms with E-state index >= 15 is 0 Å². The van der Waals surface area contributed by atoms with E-state index in [9.17, 15) is 14.4 Å². The summed E-state index contributed by atoms with van der Waals surface area (Å²) in [6.07, 6.45) is 41.5. The van der Waals surface area contributed by atoms with E-state index in [-0.39, 0.29) is 18.0 Å². The van der Waals surface area contributed by atoms with E-state index in [0.717, 1.165) is 70.3 Å². The van der Waals surface area contributed by atoms with Gasteiger partial charge < -0.3 is 19.1 Å². The lowest BCUT2D eigenvalue weighted by atomic mass is 10.0. The lowest BCUT2D eigenvalue weighted by Crippen LogP contribution is -2.27. The average molecular weight is 840 g/mol. The van der Waals surface area contributed by atoms with Crippen LogP contribution in [0, 0.1) is 0 Å². The van der Waals surface area contributed by atoms with Crippen LogP contribution in [0.25, 0.3) is 0 Å². The van der Waals surface area contributed by atoms with Gasteiger partial charge in [0.05, 0.1) is 13.2 Å². The first-order valence-corrected chi connectivity index (χ1v) is 26.1. The third kappa shape index (κ3) is 48.9. The van der Waals surface area contributed by atoms with Gasteiger partial charge in [0.25, 0.3) is 6.47 Å². The van der Waals surface area contributed by atoms with Gasteiger partial charge in [-0.25, -0.2) is 0 Å². The SMILES string of the molecule is CC.CC.CCCCCCCCC(CCCCCCCC)OC(=O)CCCCCCCOC=O.CCCCCCCCCCCOC(=O)CCCCCN1CCCC1C. The molecule has 0 N–H and O–H groups in total. The van der Waals surface area contributed by atoms with Gasteiger partial charge in [-0.3, -0.25) is 14.4 Å². The van der Waals surface area contributed by atoms with Crippen molar-refractivity contribution >= 4 is 18.4 Å². The van der Waals surface area contributed by atoms with Gasteiger partial charge in [-0.1, -0.05) is 190 Å². The molecule has 59 heavy (non-hydrogen) atoms. The van der Waals surface area contributed by atoms with E-state index in [1.54, 1.807) is 0 Å². The van der Waals surface area contributed by atoms with Crippen molar-refractivity contribution < 1.29 is 28.6 Å². The molecule has 0 saturated carbocycles. The van der Waals surface area contributed by atoms with Crippen LogP contribution < -0.4 is 0 Å². The second-order valence-electron chi connectivity index (χ2n) is 16.6. The Morgan fingerprint density at radius 2 is 0.949 bits per heavy atom. The summed E-state index contributed by atoms with van der Waals surface area (Å²) in [7, 11) is 0. The highest BCUT2D eigenvalue weighted by Gasteiger charge is 2.19.